The molecular weight excluding hydrogens is 182 g/mol. The van der Waals surface area contributed by atoms with Gasteiger partial charge in [-0.1, -0.05) is 41.5 Å². The Morgan fingerprint density at radius 3 is 2.27 bits per heavy atom. The van der Waals surface area contributed by atoms with Crippen molar-refractivity contribution in [3.63, 3.8) is 0 Å². The first kappa shape index (κ1) is 10.4. The Hall–Kier alpha value is -1.08. The molecule has 0 aromatic heterocycles. The highest BCUT2D eigenvalue weighted by Crippen LogP contribution is 2.18. The zero-order valence-corrected chi connectivity index (χ0v) is 9.66. The lowest BCUT2D eigenvalue weighted by Gasteiger charge is -2.24. The van der Waals surface area contributed by atoms with Crippen molar-refractivity contribution in [3.05, 3.63) is 41.0 Å². The Morgan fingerprint density at radius 1 is 1.07 bits per heavy atom. The highest BCUT2D eigenvalue weighted by molar-refractivity contribution is 5.53. The smallest absolute Gasteiger partial charge is 0.00158 e. The van der Waals surface area contributed by atoms with E-state index in [1.165, 1.54) is 37.1 Å². The van der Waals surface area contributed by atoms with E-state index in [0.717, 1.165) is 0 Å². The molecule has 80 valence electrons. The molecule has 1 heterocycles. The second kappa shape index (κ2) is 4.63. The second-order valence-electron chi connectivity index (χ2n) is 4.52. The maximum Gasteiger partial charge on any atom is 0.00158 e. The minimum absolute atomic E-state index is 1.21. The van der Waals surface area contributed by atoms with E-state index in [-0.39, 0.29) is 0 Å². The maximum atomic E-state index is 2.40. The molecule has 0 N–H and O–H groups in total. The molecule has 2 rings (SSSR count). The Bertz CT molecular complexity index is 338. The van der Waals surface area contributed by atoms with Crippen molar-refractivity contribution in [2.45, 2.75) is 19.8 Å². The SMILES string of the molecule is Cc1ccc(C=C2CCN(C)CC2)cc1. The summed E-state index contributed by atoms with van der Waals surface area (Å²) >= 11 is 0. The van der Waals surface area contributed by atoms with Gasteiger partial charge in [-0.3, -0.25) is 0 Å². The molecule has 1 aliphatic heterocycles. The van der Waals surface area contributed by atoms with Gasteiger partial charge in [-0.15, -0.1) is 0 Å². The van der Waals surface area contributed by atoms with Gasteiger partial charge in [0.25, 0.3) is 0 Å². The predicted octanol–water partition coefficient (Wildman–Crippen LogP) is 3.10. The third kappa shape index (κ3) is 2.93. The highest BCUT2D eigenvalue weighted by Gasteiger charge is 2.09. The van der Waals surface area contributed by atoms with Crippen molar-refractivity contribution >= 4 is 6.08 Å². The molecule has 0 amide bonds. The normalized spacial score (nSPS) is 17.9. The summed E-state index contributed by atoms with van der Waals surface area (Å²) < 4.78 is 0. The summed E-state index contributed by atoms with van der Waals surface area (Å²) in [6, 6.07) is 8.78. The van der Waals surface area contributed by atoms with E-state index in [9.17, 15) is 0 Å². The van der Waals surface area contributed by atoms with Crippen LogP contribution >= 0.6 is 0 Å². The molecule has 0 bridgehead atoms. The Kier molecular flexibility index (Phi) is 3.22. The van der Waals surface area contributed by atoms with Gasteiger partial charge in [0.15, 0.2) is 0 Å². The van der Waals surface area contributed by atoms with Crippen molar-refractivity contribution in [1.82, 2.24) is 4.90 Å². The summed E-state index contributed by atoms with van der Waals surface area (Å²) in [7, 11) is 2.20. The van der Waals surface area contributed by atoms with Crippen LogP contribution in [0.1, 0.15) is 24.0 Å². The summed E-state index contributed by atoms with van der Waals surface area (Å²) in [6.07, 6.45) is 4.81. The van der Waals surface area contributed by atoms with Crippen molar-refractivity contribution in [2.24, 2.45) is 0 Å². The van der Waals surface area contributed by atoms with Crippen molar-refractivity contribution < 1.29 is 0 Å². The van der Waals surface area contributed by atoms with Crippen LogP contribution in [0.5, 0.6) is 0 Å². The monoisotopic (exact) mass is 201 g/mol. The largest absolute Gasteiger partial charge is 0.306 e. The van der Waals surface area contributed by atoms with E-state index in [4.69, 9.17) is 0 Å². The van der Waals surface area contributed by atoms with E-state index in [2.05, 4.69) is 49.2 Å². The first-order valence-electron chi connectivity index (χ1n) is 5.69. The lowest BCUT2D eigenvalue weighted by molar-refractivity contribution is 0.313. The number of aryl methyl sites for hydroxylation is 1. The third-order valence-corrected chi connectivity index (χ3v) is 3.08. The number of nitrogens with zero attached hydrogens (tertiary/aromatic N) is 1. The van der Waals surface area contributed by atoms with Crippen LogP contribution in [0.3, 0.4) is 0 Å². The molecule has 0 saturated carbocycles. The lowest BCUT2D eigenvalue weighted by Crippen LogP contribution is -2.26. The second-order valence-corrected chi connectivity index (χ2v) is 4.52. The molecule has 0 aliphatic carbocycles. The van der Waals surface area contributed by atoms with Crippen LogP contribution in [-0.2, 0) is 0 Å². The van der Waals surface area contributed by atoms with Gasteiger partial charge < -0.3 is 4.90 Å². The Balaban J connectivity index is 2.06. The minimum Gasteiger partial charge on any atom is -0.306 e. The van der Waals surface area contributed by atoms with E-state index >= 15 is 0 Å². The average Bonchev–Trinajstić information content (AvgIpc) is 2.25. The van der Waals surface area contributed by atoms with Crippen molar-refractivity contribution in [3.8, 4) is 0 Å². The number of hydrogen-bond donors (Lipinski definition) is 0. The van der Waals surface area contributed by atoms with Crippen LogP contribution in [0.15, 0.2) is 29.8 Å². The predicted molar refractivity (Wildman–Crippen MR) is 65.9 cm³/mol. The topological polar surface area (TPSA) is 3.24 Å². The molecule has 0 unspecified atom stereocenters. The summed E-state index contributed by atoms with van der Waals surface area (Å²) in [5.74, 6) is 0. The van der Waals surface area contributed by atoms with Gasteiger partial charge in [-0.05, 0) is 32.4 Å². The van der Waals surface area contributed by atoms with Crippen LogP contribution in [0.25, 0.3) is 6.08 Å². The maximum absolute atomic E-state index is 2.40. The lowest BCUT2D eigenvalue weighted by atomic mass is 10.0. The standard InChI is InChI=1S/C14H19N/c1-12-3-5-13(6-4-12)11-14-7-9-15(2)10-8-14/h3-6,11H,7-10H2,1-2H3. The van der Waals surface area contributed by atoms with Gasteiger partial charge in [0.05, 0.1) is 0 Å². The molecule has 0 spiro atoms. The zero-order valence-electron chi connectivity index (χ0n) is 9.66. The van der Waals surface area contributed by atoms with Crippen LogP contribution < -0.4 is 0 Å². The van der Waals surface area contributed by atoms with Gasteiger partial charge in [0, 0.05) is 13.1 Å². The molecule has 1 fully saturated rings. The van der Waals surface area contributed by atoms with Crippen LogP contribution in [0, 0.1) is 6.92 Å². The molecule has 0 radical (unpaired) electrons. The van der Waals surface area contributed by atoms with Gasteiger partial charge in [-0.2, -0.15) is 0 Å². The third-order valence-electron chi connectivity index (χ3n) is 3.08. The van der Waals surface area contributed by atoms with Gasteiger partial charge in [0.1, 0.15) is 0 Å². The fourth-order valence-corrected chi connectivity index (χ4v) is 1.95. The summed E-state index contributed by atoms with van der Waals surface area (Å²) in [5, 5.41) is 0. The fraction of sp³-hybridized carbons (Fsp3) is 0.429. The molecule has 0 atom stereocenters. The first-order chi connectivity index (χ1) is 7.24. The van der Waals surface area contributed by atoms with Crippen LogP contribution in [-0.4, -0.2) is 25.0 Å². The molecule has 1 saturated heterocycles. The number of piperidine rings is 1. The molecule has 15 heavy (non-hydrogen) atoms. The van der Waals surface area contributed by atoms with Crippen LogP contribution in [0.4, 0.5) is 0 Å². The number of likely N-dealkylation sites (tertiary alicyclic amines) is 1. The number of hydrogen-bond acceptors (Lipinski definition) is 1. The fourth-order valence-electron chi connectivity index (χ4n) is 1.95. The van der Waals surface area contributed by atoms with E-state index in [1.54, 1.807) is 5.57 Å². The number of rotatable bonds is 1. The summed E-state index contributed by atoms with van der Waals surface area (Å²) in [4.78, 5) is 2.40. The molecular formula is C14H19N. The summed E-state index contributed by atoms with van der Waals surface area (Å²) in [6.45, 7) is 4.54. The van der Waals surface area contributed by atoms with Crippen molar-refractivity contribution in [2.75, 3.05) is 20.1 Å². The van der Waals surface area contributed by atoms with Crippen molar-refractivity contribution in [1.29, 1.82) is 0 Å². The van der Waals surface area contributed by atoms with E-state index < -0.39 is 0 Å². The highest BCUT2D eigenvalue weighted by atomic mass is 15.1. The van der Waals surface area contributed by atoms with E-state index in [0.29, 0.717) is 0 Å². The average molecular weight is 201 g/mol. The minimum atomic E-state index is 1.21. The molecule has 1 heteroatoms. The quantitative estimate of drug-likeness (QED) is 0.675. The van der Waals surface area contributed by atoms with Crippen LogP contribution in [0.2, 0.25) is 0 Å². The van der Waals surface area contributed by atoms with Gasteiger partial charge >= 0.3 is 0 Å². The molecule has 1 nitrogen and oxygen atoms in total. The molecule has 1 aromatic carbocycles. The zero-order chi connectivity index (χ0) is 10.7. The molecule has 1 aliphatic rings. The Morgan fingerprint density at radius 2 is 1.67 bits per heavy atom. The van der Waals surface area contributed by atoms with Gasteiger partial charge in [-0.25, -0.2) is 0 Å². The number of benzene rings is 1. The summed E-state index contributed by atoms with van der Waals surface area (Å²) in [5.41, 5.74) is 4.28. The van der Waals surface area contributed by atoms with E-state index in [1.807, 2.05) is 0 Å². The first-order valence-corrected chi connectivity index (χ1v) is 5.69. The molecule has 1 aromatic rings. The van der Waals surface area contributed by atoms with Gasteiger partial charge in [0.2, 0.25) is 0 Å². The Labute approximate surface area is 92.4 Å².